The highest BCUT2D eigenvalue weighted by molar-refractivity contribution is 9.10. The molecule has 1 amide bonds. The number of nitrogens with two attached hydrogens (primary N) is 1. The Bertz CT molecular complexity index is 1000. The molecule has 0 heterocycles. The molecule has 0 radical (unpaired) electrons. The van der Waals surface area contributed by atoms with Crippen molar-refractivity contribution in [3.8, 4) is 11.1 Å². The van der Waals surface area contributed by atoms with Gasteiger partial charge in [-0.3, -0.25) is 9.59 Å². The number of amides is 1. The van der Waals surface area contributed by atoms with Crippen LogP contribution in [-0.4, -0.2) is 11.7 Å². The van der Waals surface area contributed by atoms with Crippen LogP contribution in [0.5, 0.6) is 0 Å². The number of hydrogen-bond acceptors (Lipinski definition) is 3. The van der Waals surface area contributed by atoms with Crippen LogP contribution in [0.1, 0.15) is 48.9 Å². The molecule has 3 rings (SSSR count). The van der Waals surface area contributed by atoms with Crippen LogP contribution in [0.15, 0.2) is 77.3 Å². The lowest BCUT2D eigenvalue weighted by molar-refractivity contribution is -0.116. The predicted octanol–water partition coefficient (Wildman–Crippen LogP) is 7.28. The Morgan fingerprint density at radius 3 is 1.84 bits per heavy atom. The van der Waals surface area contributed by atoms with Gasteiger partial charge in [0.2, 0.25) is 5.91 Å². The number of unbranched alkanes of at least 4 members (excludes halogenated alkanes) is 3. The lowest BCUT2D eigenvalue weighted by Crippen LogP contribution is -2.11. The van der Waals surface area contributed by atoms with Gasteiger partial charge in [-0.15, -0.1) is 12.4 Å². The van der Waals surface area contributed by atoms with E-state index in [1.54, 1.807) is 24.3 Å². The normalized spacial score (nSPS) is 10.3. The molecule has 0 bridgehead atoms. The summed E-state index contributed by atoms with van der Waals surface area (Å²) in [5.74, 6) is 0.176. The summed E-state index contributed by atoms with van der Waals surface area (Å²) in [7, 11) is 0. The summed E-state index contributed by atoms with van der Waals surface area (Å²) in [4.78, 5) is 24.4. The molecule has 0 unspecified atom stereocenters. The molecule has 0 aliphatic rings. The van der Waals surface area contributed by atoms with E-state index in [4.69, 9.17) is 5.73 Å². The first kappa shape index (κ1) is 25.6. The monoisotopic (exact) mass is 514 g/mol. The minimum atomic E-state index is 0. The van der Waals surface area contributed by atoms with Crippen LogP contribution in [0.4, 0.5) is 11.4 Å². The van der Waals surface area contributed by atoms with Gasteiger partial charge in [0.15, 0.2) is 5.78 Å². The quantitative estimate of drug-likeness (QED) is 0.169. The lowest BCUT2D eigenvalue weighted by atomic mass is 10.00. The zero-order chi connectivity index (χ0) is 22.1. The van der Waals surface area contributed by atoms with E-state index >= 15 is 0 Å². The molecule has 32 heavy (non-hydrogen) atoms. The van der Waals surface area contributed by atoms with Gasteiger partial charge in [-0.1, -0.05) is 65.2 Å². The number of rotatable bonds is 10. The molecule has 0 saturated carbocycles. The zero-order valence-electron chi connectivity index (χ0n) is 17.9. The number of Topliss-reactive ketones (excluding diaryl/α,β-unsaturated/α-hetero) is 1. The van der Waals surface area contributed by atoms with E-state index in [0.29, 0.717) is 18.5 Å². The summed E-state index contributed by atoms with van der Waals surface area (Å²) >= 11 is 3.44. The number of carbonyl (C=O) groups is 2. The largest absolute Gasteiger partial charge is 0.399 e. The van der Waals surface area contributed by atoms with Gasteiger partial charge in [-0.25, -0.2) is 0 Å². The second-order valence-electron chi connectivity index (χ2n) is 7.59. The van der Waals surface area contributed by atoms with E-state index < -0.39 is 0 Å². The SMILES string of the molecule is Cl.Nc1ccc(NC(=O)CCCCCCC(=O)c2ccc(-c3ccc(Br)cc3)cc2)cc1. The van der Waals surface area contributed by atoms with Crippen LogP contribution < -0.4 is 11.1 Å². The van der Waals surface area contributed by atoms with E-state index in [9.17, 15) is 9.59 Å². The van der Waals surface area contributed by atoms with Crippen molar-refractivity contribution in [3.63, 3.8) is 0 Å². The molecule has 0 saturated heterocycles. The maximum absolute atomic E-state index is 12.4. The number of nitrogens with one attached hydrogen (secondary N) is 1. The summed E-state index contributed by atoms with van der Waals surface area (Å²) in [6.07, 6.45) is 4.55. The van der Waals surface area contributed by atoms with Crippen molar-refractivity contribution in [1.82, 2.24) is 0 Å². The number of halogens is 2. The van der Waals surface area contributed by atoms with E-state index in [-0.39, 0.29) is 24.1 Å². The molecule has 3 aromatic carbocycles. The fourth-order valence-electron chi connectivity index (χ4n) is 3.35. The van der Waals surface area contributed by atoms with Crippen LogP contribution in [-0.2, 0) is 4.79 Å². The van der Waals surface area contributed by atoms with Crippen molar-refractivity contribution in [1.29, 1.82) is 0 Å². The minimum Gasteiger partial charge on any atom is -0.399 e. The third kappa shape index (κ3) is 8.13. The third-order valence-corrected chi connectivity index (χ3v) is 5.67. The highest BCUT2D eigenvalue weighted by atomic mass is 79.9. The summed E-state index contributed by atoms with van der Waals surface area (Å²) in [6, 6.07) is 23.0. The van der Waals surface area contributed by atoms with E-state index in [2.05, 4.69) is 33.4 Å². The molecule has 0 aromatic heterocycles. The number of hydrogen-bond donors (Lipinski definition) is 2. The number of anilines is 2. The van der Waals surface area contributed by atoms with Crippen molar-refractivity contribution >= 4 is 51.4 Å². The maximum Gasteiger partial charge on any atom is 0.224 e. The smallest absolute Gasteiger partial charge is 0.224 e. The standard InChI is InChI=1S/C26H27BrN2O2.ClH/c27-22-13-11-20(12-14-22)19-7-9-21(10-8-19)25(30)5-3-1-2-4-6-26(31)29-24-17-15-23(28)16-18-24;/h7-18H,1-6,28H2,(H,29,31);1H. The topological polar surface area (TPSA) is 72.2 Å². The number of benzene rings is 3. The van der Waals surface area contributed by atoms with Crippen LogP contribution in [0.3, 0.4) is 0 Å². The average Bonchev–Trinajstić information content (AvgIpc) is 2.78. The summed E-state index contributed by atoms with van der Waals surface area (Å²) in [5.41, 5.74) is 10.1. The maximum atomic E-state index is 12.4. The van der Waals surface area contributed by atoms with Crippen LogP contribution in [0, 0.1) is 0 Å². The van der Waals surface area contributed by atoms with Crippen molar-refractivity contribution in [3.05, 3.63) is 82.8 Å². The molecule has 168 valence electrons. The van der Waals surface area contributed by atoms with Crippen molar-refractivity contribution < 1.29 is 9.59 Å². The van der Waals surface area contributed by atoms with Gasteiger partial charge < -0.3 is 11.1 Å². The highest BCUT2D eigenvalue weighted by Gasteiger charge is 2.07. The Balaban J connectivity index is 0.00000363. The molecule has 6 heteroatoms. The van der Waals surface area contributed by atoms with E-state index in [1.165, 1.54) is 0 Å². The fraction of sp³-hybridized carbons (Fsp3) is 0.231. The Morgan fingerprint density at radius 1 is 0.719 bits per heavy atom. The van der Waals surface area contributed by atoms with Gasteiger partial charge in [0, 0.05) is 34.3 Å². The van der Waals surface area contributed by atoms with Gasteiger partial charge in [0.1, 0.15) is 0 Å². The number of nitrogen functional groups attached to an aromatic ring is 1. The first-order valence-corrected chi connectivity index (χ1v) is 11.4. The molecule has 0 fully saturated rings. The van der Waals surface area contributed by atoms with Crippen LogP contribution in [0.2, 0.25) is 0 Å². The number of ketones is 1. The first-order valence-electron chi connectivity index (χ1n) is 10.6. The molecule has 4 nitrogen and oxygen atoms in total. The molecule has 0 spiro atoms. The third-order valence-electron chi connectivity index (χ3n) is 5.14. The van der Waals surface area contributed by atoms with Crippen LogP contribution in [0.25, 0.3) is 11.1 Å². The molecule has 3 N–H and O–H groups in total. The van der Waals surface area contributed by atoms with E-state index in [0.717, 1.165) is 52.5 Å². The summed E-state index contributed by atoms with van der Waals surface area (Å²) in [5, 5.41) is 2.87. The molecule has 0 atom stereocenters. The molecule has 0 aliphatic carbocycles. The van der Waals surface area contributed by atoms with Crippen molar-refractivity contribution in [2.75, 3.05) is 11.1 Å². The van der Waals surface area contributed by atoms with Gasteiger partial charge in [0.25, 0.3) is 0 Å². The molecule has 0 aliphatic heterocycles. The Hall–Kier alpha value is -2.63. The average molecular weight is 516 g/mol. The van der Waals surface area contributed by atoms with Crippen molar-refractivity contribution in [2.45, 2.75) is 38.5 Å². The Labute approximate surface area is 204 Å². The molecular formula is C26H28BrClN2O2. The summed E-state index contributed by atoms with van der Waals surface area (Å²) in [6.45, 7) is 0. The van der Waals surface area contributed by atoms with Crippen LogP contribution >= 0.6 is 28.3 Å². The number of carbonyl (C=O) groups excluding carboxylic acids is 2. The van der Waals surface area contributed by atoms with E-state index in [1.807, 2.05) is 36.4 Å². The molecular weight excluding hydrogens is 488 g/mol. The zero-order valence-corrected chi connectivity index (χ0v) is 20.3. The van der Waals surface area contributed by atoms with Gasteiger partial charge in [-0.2, -0.15) is 0 Å². The van der Waals surface area contributed by atoms with Crippen molar-refractivity contribution in [2.24, 2.45) is 0 Å². The fourth-order valence-corrected chi connectivity index (χ4v) is 3.61. The first-order chi connectivity index (χ1) is 15.0. The second-order valence-corrected chi connectivity index (χ2v) is 8.51. The lowest BCUT2D eigenvalue weighted by Gasteiger charge is -2.06. The molecule has 3 aromatic rings. The Morgan fingerprint density at radius 2 is 1.25 bits per heavy atom. The van der Waals surface area contributed by atoms with Gasteiger partial charge in [-0.05, 0) is 60.4 Å². The summed E-state index contributed by atoms with van der Waals surface area (Å²) < 4.78 is 1.05. The second kappa shape index (κ2) is 13.0. The minimum absolute atomic E-state index is 0. The Kier molecular flexibility index (Phi) is 10.4. The predicted molar refractivity (Wildman–Crippen MR) is 138 cm³/mol. The van der Waals surface area contributed by atoms with Gasteiger partial charge in [0.05, 0.1) is 0 Å². The highest BCUT2D eigenvalue weighted by Crippen LogP contribution is 2.23. The van der Waals surface area contributed by atoms with Gasteiger partial charge >= 0.3 is 0 Å².